The Morgan fingerprint density at radius 2 is 1.79 bits per heavy atom. The summed E-state index contributed by atoms with van der Waals surface area (Å²) in [6.07, 6.45) is -1.41. The number of amides is 2. The van der Waals surface area contributed by atoms with Crippen molar-refractivity contribution in [2.45, 2.75) is 44.3 Å². The Hall–Kier alpha value is -4.52. The number of halogens is 5. The fourth-order valence-electron chi connectivity index (χ4n) is 5.82. The monoisotopic (exact) mass is 670 g/mol. The molecule has 48 heavy (non-hydrogen) atoms. The minimum Gasteiger partial charge on any atom is -0.351 e. The first-order chi connectivity index (χ1) is 22.8. The molecule has 0 bridgehead atoms. The summed E-state index contributed by atoms with van der Waals surface area (Å²) in [7, 11) is 4.89. The molecule has 0 aliphatic heterocycles. The summed E-state index contributed by atoms with van der Waals surface area (Å²) in [5.41, 5.74) is 1.54. The predicted octanol–water partition coefficient (Wildman–Crippen LogP) is 5.98. The first-order valence-corrected chi connectivity index (χ1v) is 15.7. The first-order valence-electron chi connectivity index (χ1n) is 15.7. The summed E-state index contributed by atoms with van der Waals surface area (Å²) in [6.45, 7) is 0.641. The van der Waals surface area contributed by atoms with Crippen molar-refractivity contribution in [3.8, 4) is 11.1 Å². The highest BCUT2D eigenvalue weighted by molar-refractivity contribution is 6.10. The number of aromatic nitrogens is 1. The lowest BCUT2D eigenvalue weighted by molar-refractivity contribution is -0.120. The fraction of sp³-hybridized carbons (Fsp3) is 0.400. The number of hydrogen-bond donors (Lipinski definition) is 2. The van der Waals surface area contributed by atoms with Gasteiger partial charge in [0.2, 0.25) is 5.91 Å². The van der Waals surface area contributed by atoms with Crippen molar-refractivity contribution in [1.29, 1.82) is 0 Å². The van der Waals surface area contributed by atoms with E-state index < -0.39 is 47.9 Å². The highest BCUT2D eigenvalue weighted by Gasteiger charge is 2.42. The molecule has 2 unspecified atom stereocenters. The number of alkyl halides is 3. The van der Waals surface area contributed by atoms with Crippen LogP contribution in [0.4, 0.5) is 22.0 Å². The Morgan fingerprint density at radius 3 is 2.48 bits per heavy atom. The molecule has 1 aliphatic carbocycles. The molecule has 8 nitrogen and oxygen atoms in total. The maximum Gasteiger partial charge on any atom is 0.429 e. The Labute approximate surface area is 276 Å². The Morgan fingerprint density at radius 1 is 1.04 bits per heavy atom. The van der Waals surface area contributed by atoms with E-state index in [2.05, 4.69) is 25.6 Å². The lowest BCUT2D eigenvalue weighted by atomic mass is 9.83. The third-order valence-electron chi connectivity index (χ3n) is 8.01. The van der Waals surface area contributed by atoms with Crippen molar-refractivity contribution in [2.75, 3.05) is 40.8 Å². The minimum absolute atomic E-state index is 0.0605. The summed E-state index contributed by atoms with van der Waals surface area (Å²) in [5, 5.41) is 5.72. The summed E-state index contributed by atoms with van der Waals surface area (Å²) in [4.78, 5) is 40.5. The van der Waals surface area contributed by atoms with Gasteiger partial charge in [0, 0.05) is 55.2 Å². The van der Waals surface area contributed by atoms with Gasteiger partial charge >= 0.3 is 6.18 Å². The molecule has 256 valence electrons. The van der Waals surface area contributed by atoms with Gasteiger partial charge in [0.1, 0.15) is 23.9 Å². The van der Waals surface area contributed by atoms with Gasteiger partial charge in [0.25, 0.3) is 5.91 Å². The van der Waals surface area contributed by atoms with Crippen LogP contribution in [0.15, 0.2) is 70.8 Å². The molecule has 0 saturated heterocycles. The van der Waals surface area contributed by atoms with E-state index in [-0.39, 0.29) is 30.0 Å². The summed E-state index contributed by atoms with van der Waals surface area (Å²) in [5.74, 6) is -3.50. The highest BCUT2D eigenvalue weighted by atomic mass is 19.4. The second-order valence-electron chi connectivity index (χ2n) is 11.9. The van der Waals surface area contributed by atoms with Crippen LogP contribution in [0.1, 0.15) is 53.3 Å². The maximum absolute atomic E-state index is 14.2. The van der Waals surface area contributed by atoms with Crippen LogP contribution in [0, 0.1) is 17.6 Å². The molecular formula is C35H39F5N6O2. The number of carbonyl (C=O) groups is 2. The van der Waals surface area contributed by atoms with Gasteiger partial charge in [0.05, 0.1) is 11.7 Å². The van der Waals surface area contributed by atoms with Gasteiger partial charge in [-0.25, -0.2) is 8.78 Å². The SMILES string of the molecule is CN=C(C1CCCCC1=NCC(=O)NC(Cc1cc(F)cc(F)c1)c1ncccc1-c1cccc(C(=O)NCCN(C)C)c1)C(F)(F)F. The Kier molecular flexibility index (Phi) is 12.5. The van der Waals surface area contributed by atoms with Crippen molar-refractivity contribution in [3.05, 3.63) is 89.2 Å². The van der Waals surface area contributed by atoms with Gasteiger partial charge in [0.15, 0.2) is 0 Å². The van der Waals surface area contributed by atoms with Crippen molar-refractivity contribution in [1.82, 2.24) is 20.5 Å². The second-order valence-corrected chi connectivity index (χ2v) is 11.9. The third-order valence-corrected chi connectivity index (χ3v) is 8.01. The van der Waals surface area contributed by atoms with E-state index in [0.717, 1.165) is 25.2 Å². The van der Waals surface area contributed by atoms with Crippen LogP contribution in [0.5, 0.6) is 0 Å². The van der Waals surface area contributed by atoms with Crippen LogP contribution in [-0.2, 0) is 11.2 Å². The smallest absolute Gasteiger partial charge is 0.351 e. The number of carbonyl (C=O) groups excluding carboxylic acids is 2. The van der Waals surface area contributed by atoms with Crippen LogP contribution in [-0.4, -0.2) is 80.1 Å². The number of benzene rings is 2. The number of rotatable bonds is 12. The molecule has 3 aromatic rings. The van der Waals surface area contributed by atoms with E-state index >= 15 is 0 Å². The molecule has 1 heterocycles. The van der Waals surface area contributed by atoms with Gasteiger partial charge in [-0.15, -0.1) is 0 Å². The van der Waals surface area contributed by atoms with Crippen LogP contribution in [0.3, 0.4) is 0 Å². The molecule has 1 saturated carbocycles. The Bertz CT molecular complexity index is 1640. The lowest BCUT2D eigenvalue weighted by Crippen LogP contribution is -2.38. The van der Waals surface area contributed by atoms with Crippen molar-refractivity contribution >= 4 is 23.2 Å². The number of likely N-dealkylation sites (N-methyl/N-ethyl adjacent to an activating group) is 1. The largest absolute Gasteiger partial charge is 0.429 e. The van der Waals surface area contributed by atoms with E-state index in [4.69, 9.17) is 0 Å². The summed E-state index contributed by atoms with van der Waals surface area (Å²) < 4.78 is 69.4. The molecule has 1 fully saturated rings. The Balaban J connectivity index is 1.65. The quantitative estimate of drug-likeness (QED) is 0.183. The van der Waals surface area contributed by atoms with E-state index in [9.17, 15) is 31.5 Å². The number of nitrogens with zero attached hydrogens (tertiary/aromatic N) is 4. The number of pyridine rings is 1. The zero-order valence-electron chi connectivity index (χ0n) is 27.1. The average Bonchev–Trinajstić information content (AvgIpc) is 3.03. The molecular weight excluding hydrogens is 631 g/mol. The molecule has 0 spiro atoms. The fourth-order valence-corrected chi connectivity index (χ4v) is 5.82. The standard InChI is InChI=1S/C35H39F5N6O2/c1-41-33(35(38,39)40)28-10-4-5-12-29(28)44-21-31(47)45-30(18-22-16-25(36)20-26(37)17-22)32-27(11-7-13-42-32)23-8-6-9-24(19-23)34(48)43-14-15-46(2)3/h6-9,11,13,16-17,19-20,28,30H,4-5,10,12,14-15,18,21H2,1-3H3,(H,43,48)(H,45,47). The zero-order valence-corrected chi connectivity index (χ0v) is 27.1. The molecule has 2 amide bonds. The second kappa shape index (κ2) is 16.5. The highest BCUT2D eigenvalue weighted by Crippen LogP contribution is 2.32. The molecule has 2 aromatic carbocycles. The normalized spacial score (nSPS) is 17.0. The van der Waals surface area contributed by atoms with Crippen LogP contribution < -0.4 is 10.6 Å². The van der Waals surface area contributed by atoms with E-state index in [0.29, 0.717) is 54.7 Å². The molecule has 4 rings (SSSR count). The predicted molar refractivity (Wildman–Crippen MR) is 175 cm³/mol. The lowest BCUT2D eigenvalue weighted by Gasteiger charge is -2.27. The van der Waals surface area contributed by atoms with Crippen molar-refractivity contribution < 1.29 is 31.5 Å². The molecule has 1 aliphatic rings. The van der Waals surface area contributed by atoms with E-state index in [1.54, 1.807) is 36.4 Å². The van der Waals surface area contributed by atoms with Crippen molar-refractivity contribution in [2.24, 2.45) is 15.9 Å². The summed E-state index contributed by atoms with van der Waals surface area (Å²) >= 11 is 0. The van der Waals surface area contributed by atoms with Crippen LogP contribution >= 0.6 is 0 Å². The topological polar surface area (TPSA) is 99.0 Å². The van der Waals surface area contributed by atoms with Gasteiger partial charge in [-0.05, 0) is 81.2 Å². The van der Waals surface area contributed by atoms with E-state index in [1.165, 1.54) is 6.20 Å². The zero-order chi connectivity index (χ0) is 34.8. The molecule has 2 atom stereocenters. The number of aliphatic imine (C=N–C) groups is 2. The van der Waals surface area contributed by atoms with Gasteiger partial charge in [-0.1, -0.05) is 24.6 Å². The summed E-state index contributed by atoms with van der Waals surface area (Å²) in [6, 6.07) is 12.4. The first kappa shape index (κ1) is 36.3. The van der Waals surface area contributed by atoms with Crippen LogP contribution in [0.25, 0.3) is 11.1 Å². The van der Waals surface area contributed by atoms with Gasteiger partial charge < -0.3 is 15.5 Å². The molecule has 13 heteroatoms. The average molecular weight is 671 g/mol. The maximum atomic E-state index is 14.2. The minimum atomic E-state index is -4.62. The van der Waals surface area contributed by atoms with Gasteiger partial charge in [-0.2, -0.15) is 13.2 Å². The number of hydrogen-bond acceptors (Lipinski definition) is 6. The third kappa shape index (κ3) is 9.99. The molecule has 2 N–H and O–H groups in total. The molecule has 1 aromatic heterocycles. The number of nitrogens with one attached hydrogen (secondary N) is 2. The van der Waals surface area contributed by atoms with Crippen molar-refractivity contribution in [3.63, 3.8) is 0 Å². The van der Waals surface area contributed by atoms with E-state index in [1.807, 2.05) is 19.0 Å². The molecule has 0 radical (unpaired) electrons. The van der Waals surface area contributed by atoms with Crippen LogP contribution in [0.2, 0.25) is 0 Å². The van der Waals surface area contributed by atoms with Gasteiger partial charge in [-0.3, -0.25) is 24.6 Å².